The molecule has 30 heavy (non-hydrogen) atoms. The van der Waals surface area contributed by atoms with E-state index in [1.165, 1.54) is 0 Å². The minimum Gasteiger partial charge on any atom is -0.492 e. The number of likely N-dealkylation sites (N-methyl/N-ethyl adjacent to an activating group) is 1. The van der Waals surface area contributed by atoms with Crippen LogP contribution in [0.3, 0.4) is 0 Å². The Bertz CT molecular complexity index is 828. The van der Waals surface area contributed by atoms with Gasteiger partial charge in [-0.25, -0.2) is 4.99 Å². The topological polar surface area (TPSA) is 82.3 Å². The maximum Gasteiger partial charge on any atom is 0.191 e. The summed E-state index contributed by atoms with van der Waals surface area (Å²) in [6.07, 6.45) is 0. The summed E-state index contributed by atoms with van der Waals surface area (Å²) in [5.41, 5.74) is 0.718. The van der Waals surface area contributed by atoms with Gasteiger partial charge in [-0.05, 0) is 53.9 Å². The fraction of sp³-hybridized carbons (Fsp3) is 0.522. The molecule has 0 radical (unpaired) electrons. The Morgan fingerprint density at radius 1 is 1.23 bits per heavy atom. The van der Waals surface area contributed by atoms with Crippen molar-refractivity contribution in [2.45, 2.75) is 39.8 Å². The molecule has 0 aliphatic carbocycles. The van der Waals surface area contributed by atoms with Crippen molar-refractivity contribution in [3.05, 3.63) is 53.0 Å². The summed E-state index contributed by atoms with van der Waals surface area (Å²) in [7, 11) is 4.05. The number of hydrogen-bond donors (Lipinski definition) is 3. The predicted molar refractivity (Wildman–Crippen MR) is 121 cm³/mol. The van der Waals surface area contributed by atoms with Crippen LogP contribution >= 0.6 is 0 Å². The number of nitrogens with zero attached hydrogens (tertiary/aromatic N) is 2. The quantitative estimate of drug-likeness (QED) is 0.408. The number of aryl methyl sites for hydroxylation is 2. The molecule has 1 heterocycles. The van der Waals surface area contributed by atoms with Gasteiger partial charge in [-0.3, -0.25) is 0 Å². The number of guanidine groups is 1. The van der Waals surface area contributed by atoms with Crippen LogP contribution in [0.5, 0.6) is 5.75 Å². The number of ether oxygens (including phenoxy) is 1. The molecular formula is C23H36N4O3. The van der Waals surface area contributed by atoms with Crippen molar-refractivity contribution in [1.82, 2.24) is 15.5 Å². The van der Waals surface area contributed by atoms with Crippen LogP contribution in [0, 0.1) is 13.8 Å². The number of aliphatic imine (C=N–C) groups is 1. The molecule has 166 valence electrons. The summed E-state index contributed by atoms with van der Waals surface area (Å²) in [4.78, 5) is 6.77. The van der Waals surface area contributed by atoms with Gasteiger partial charge in [0.25, 0.3) is 0 Å². The predicted octanol–water partition coefficient (Wildman–Crippen LogP) is 2.80. The molecule has 1 aromatic heterocycles. The molecule has 0 bridgehead atoms. The fourth-order valence-corrected chi connectivity index (χ4v) is 3.14. The third-order valence-electron chi connectivity index (χ3n) is 4.74. The highest BCUT2D eigenvalue weighted by Gasteiger charge is 2.27. The number of nitrogens with one attached hydrogen (secondary N) is 2. The third kappa shape index (κ3) is 7.07. The van der Waals surface area contributed by atoms with Gasteiger partial charge in [-0.15, -0.1) is 0 Å². The molecule has 0 fully saturated rings. The van der Waals surface area contributed by atoms with Crippen LogP contribution in [0.25, 0.3) is 0 Å². The second-order valence-corrected chi connectivity index (χ2v) is 7.91. The highest BCUT2D eigenvalue weighted by Crippen LogP contribution is 2.26. The van der Waals surface area contributed by atoms with Crippen LogP contribution in [0.1, 0.15) is 36.5 Å². The first-order valence-corrected chi connectivity index (χ1v) is 10.4. The molecule has 0 saturated heterocycles. The van der Waals surface area contributed by atoms with E-state index in [9.17, 15) is 5.11 Å². The first-order chi connectivity index (χ1) is 14.2. The monoisotopic (exact) mass is 416 g/mol. The molecule has 1 atom stereocenters. The molecule has 1 aromatic carbocycles. The summed E-state index contributed by atoms with van der Waals surface area (Å²) < 4.78 is 11.5. The number of furan rings is 1. The van der Waals surface area contributed by atoms with Gasteiger partial charge < -0.3 is 29.8 Å². The number of rotatable bonds is 10. The average Bonchev–Trinajstić information content (AvgIpc) is 3.04. The van der Waals surface area contributed by atoms with Crippen LogP contribution in [0.2, 0.25) is 0 Å². The second kappa shape index (κ2) is 11.0. The van der Waals surface area contributed by atoms with Crippen molar-refractivity contribution in [3.63, 3.8) is 0 Å². The standard InChI is InChI=1S/C23H36N4O3/c1-7-24-22(26-16-23(4,28)20-14-17(2)30-18(20)3)25-15-19-10-8-9-11-21(19)29-13-12-27(5)6/h8-11,14,28H,7,12-13,15-16H2,1-6H3,(H2,24,25,26). The molecule has 2 aromatic rings. The van der Waals surface area contributed by atoms with Gasteiger partial charge in [0.05, 0.1) is 13.1 Å². The number of benzene rings is 1. The van der Waals surface area contributed by atoms with Gasteiger partial charge in [0, 0.05) is 24.2 Å². The van der Waals surface area contributed by atoms with E-state index >= 15 is 0 Å². The van der Waals surface area contributed by atoms with Crippen molar-refractivity contribution in [2.75, 3.05) is 40.3 Å². The van der Waals surface area contributed by atoms with Crippen molar-refractivity contribution in [2.24, 2.45) is 4.99 Å². The minimum absolute atomic E-state index is 0.305. The van der Waals surface area contributed by atoms with Crippen molar-refractivity contribution in [3.8, 4) is 5.75 Å². The summed E-state index contributed by atoms with van der Waals surface area (Å²) in [5, 5.41) is 17.4. The van der Waals surface area contributed by atoms with Gasteiger partial charge in [0.15, 0.2) is 5.96 Å². The lowest BCUT2D eigenvalue weighted by atomic mass is 9.96. The molecule has 1 unspecified atom stereocenters. The maximum atomic E-state index is 10.9. The SMILES string of the molecule is CCNC(=NCc1ccccc1OCCN(C)C)NCC(C)(O)c1cc(C)oc1C. The van der Waals surface area contributed by atoms with Crippen LogP contribution in [-0.2, 0) is 12.1 Å². The Kier molecular flexibility index (Phi) is 8.74. The lowest BCUT2D eigenvalue weighted by Crippen LogP contribution is -2.44. The second-order valence-electron chi connectivity index (χ2n) is 7.91. The van der Waals surface area contributed by atoms with Gasteiger partial charge in [-0.2, -0.15) is 0 Å². The molecule has 0 spiro atoms. The molecule has 7 heteroatoms. The Balaban J connectivity index is 2.05. The molecule has 0 aliphatic rings. The van der Waals surface area contributed by atoms with Crippen molar-refractivity contribution < 1.29 is 14.3 Å². The van der Waals surface area contributed by atoms with Gasteiger partial charge in [0.2, 0.25) is 0 Å². The van der Waals surface area contributed by atoms with E-state index in [1.54, 1.807) is 6.92 Å². The number of para-hydroxylation sites is 1. The lowest BCUT2D eigenvalue weighted by Gasteiger charge is -2.24. The van der Waals surface area contributed by atoms with Gasteiger partial charge in [0.1, 0.15) is 29.5 Å². The lowest BCUT2D eigenvalue weighted by molar-refractivity contribution is 0.0601. The summed E-state index contributed by atoms with van der Waals surface area (Å²) >= 11 is 0. The van der Waals surface area contributed by atoms with E-state index in [1.807, 2.05) is 65.2 Å². The normalized spacial score (nSPS) is 13.9. The van der Waals surface area contributed by atoms with Crippen LogP contribution in [-0.4, -0.2) is 56.3 Å². The van der Waals surface area contributed by atoms with Crippen molar-refractivity contribution >= 4 is 5.96 Å². The largest absolute Gasteiger partial charge is 0.492 e. The van der Waals surface area contributed by atoms with Crippen LogP contribution < -0.4 is 15.4 Å². The zero-order valence-electron chi connectivity index (χ0n) is 19.1. The first-order valence-electron chi connectivity index (χ1n) is 10.4. The fourth-order valence-electron chi connectivity index (χ4n) is 3.14. The van der Waals surface area contributed by atoms with Crippen molar-refractivity contribution in [1.29, 1.82) is 0 Å². The minimum atomic E-state index is -1.08. The Hall–Kier alpha value is -2.51. The molecule has 2 rings (SSSR count). The van der Waals surface area contributed by atoms with E-state index < -0.39 is 5.60 Å². The summed E-state index contributed by atoms with van der Waals surface area (Å²) in [6.45, 7) is 10.5. The Labute approximate surface area is 180 Å². The highest BCUT2D eigenvalue weighted by atomic mass is 16.5. The maximum absolute atomic E-state index is 10.9. The Morgan fingerprint density at radius 3 is 2.60 bits per heavy atom. The van der Waals surface area contributed by atoms with E-state index in [2.05, 4.69) is 20.5 Å². The van der Waals surface area contributed by atoms with E-state index in [0.29, 0.717) is 25.7 Å². The van der Waals surface area contributed by atoms with Gasteiger partial charge in [-0.1, -0.05) is 18.2 Å². The summed E-state index contributed by atoms with van der Waals surface area (Å²) in [6, 6.07) is 9.82. The van der Waals surface area contributed by atoms with E-state index in [0.717, 1.165) is 41.5 Å². The zero-order valence-corrected chi connectivity index (χ0v) is 19.1. The van der Waals surface area contributed by atoms with Crippen LogP contribution in [0.4, 0.5) is 0 Å². The molecule has 7 nitrogen and oxygen atoms in total. The highest BCUT2D eigenvalue weighted by molar-refractivity contribution is 5.79. The zero-order chi connectivity index (χ0) is 22.1. The number of hydrogen-bond acceptors (Lipinski definition) is 5. The average molecular weight is 417 g/mol. The molecular weight excluding hydrogens is 380 g/mol. The van der Waals surface area contributed by atoms with Gasteiger partial charge >= 0.3 is 0 Å². The van der Waals surface area contributed by atoms with E-state index in [4.69, 9.17) is 9.15 Å². The number of aliphatic hydroxyl groups is 1. The smallest absolute Gasteiger partial charge is 0.191 e. The first kappa shape index (κ1) is 23.8. The molecule has 3 N–H and O–H groups in total. The van der Waals surface area contributed by atoms with Crippen LogP contribution in [0.15, 0.2) is 39.7 Å². The van der Waals surface area contributed by atoms with E-state index in [-0.39, 0.29) is 0 Å². The molecule has 0 aliphatic heterocycles. The third-order valence-corrected chi connectivity index (χ3v) is 4.74. The molecule has 0 amide bonds. The summed E-state index contributed by atoms with van der Waals surface area (Å²) in [5.74, 6) is 2.99. The molecule has 0 saturated carbocycles. The Morgan fingerprint density at radius 2 is 1.97 bits per heavy atom.